The van der Waals surface area contributed by atoms with E-state index in [2.05, 4.69) is 15.6 Å². The van der Waals surface area contributed by atoms with Gasteiger partial charge in [0, 0.05) is 12.4 Å². The topological polar surface area (TPSA) is 67.2 Å². The van der Waals surface area contributed by atoms with Gasteiger partial charge in [-0.1, -0.05) is 29.3 Å². The maximum atomic E-state index is 12.4. The van der Waals surface area contributed by atoms with E-state index >= 15 is 0 Å². The van der Waals surface area contributed by atoms with Crippen LogP contribution in [0.5, 0.6) is 0 Å². The average Bonchev–Trinajstić information content (AvgIpc) is 3.11. The Balaban J connectivity index is 1.71. The second-order valence-corrected chi connectivity index (χ2v) is 5.74. The molecular formula is C17H13Cl2N3O2. The minimum absolute atomic E-state index is 0.299. The molecule has 3 aromatic rings. The van der Waals surface area contributed by atoms with E-state index in [1.54, 1.807) is 36.7 Å². The van der Waals surface area contributed by atoms with E-state index in [4.69, 9.17) is 27.6 Å². The van der Waals surface area contributed by atoms with Crippen LogP contribution in [-0.2, 0) is 6.54 Å². The lowest BCUT2D eigenvalue weighted by Crippen LogP contribution is -2.13. The summed E-state index contributed by atoms with van der Waals surface area (Å²) in [4.78, 5) is 16.4. The van der Waals surface area contributed by atoms with Crippen molar-refractivity contribution in [3.05, 3.63) is 76.4 Å². The van der Waals surface area contributed by atoms with Crippen molar-refractivity contribution in [2.24, 2.45) is 0 Å². The summed E-state index contributed by atoms with van der Waals surface area (Å²) in [5, 5.41) is 6.54. The number of hydrogen-bond donors (Lipinski definition) is 2. The Labute approximate surface area is 148 Å². The third kappa shape index (κ3) is 3.88. The molecule has 0 fully saturated rings. The van der Waals surface area contributed by atoms with Crippen molar-refractivity contribution in [1.82, 2.24) is 4.98 Å². The minimum atomic E-state index is -0.326. The van der Waals surface area contributed by atoms with Crippen molar-refractivity contribution in [2.45, 2.75) is 6.54 Å². The van der Waals surface area contributed by atoms with Gasteiger partial charge in [0.25, 0.3) is 5.91 Å². The van der Waals surface area contributed by atoms with Crippen LogP contribution in [0.15, 0.2) is 59.5 Å². The molecule has 0 radical (unpaired) electrons. The predicted octanol–water partition coefficient (Wildman–Crippen LogP) is 4.85. The third-order valence-corrected chi connectivity index (χ3v) is 4.07. The van der Waals surface area contributed by atoms with Gasteiger partial charge in [0.15, 0.2) is 0 Å². The summed E-state index contributed by atoms with van der Waals surface area (Å²) < 4.78 is 5.25. The fourth-order valence-corrected chi connectivity index (χ4v) is 2.41. The lowest BCUT2D eigenvalue weighted by Gasteiger charge is -2.09. The number of nitrogens with zero attached hydrogens (tertiary/aromatic N) is 1. The van der Waals surface area contributed by atoms with E-state index in [0.29, 0.717) is 33.5 Å². The van der Waals surface area contributed by atoms with Gasteiger partial charge in [-0.05, 0) is 30.3 Å². The monoisotopic (exact) mass is 361 g/mol. The Bertz CT molecular complexity index is 851. The molecule has 0 bridgehead atoms. The molecule has 7 heteroatoms. The summed E-state index contributed by atoms with van der Waals surface area (Å²) in [5.41, 5.74) is 1.55. The Hall–Kier alpha value is -2.50. The van der Waals surface area contributed by atoms with Crippen LogP contribution < -0.4 is 10.6 Å². The van der Waals surface area contributed by atoms with Gasteiger partial charge in [-0.15, -0.1) is 0 Å². The second kappa shape index (κ2) is 7.38. The van der Waals surface area contributed by atoms with Crippen LogP contribution in [0.25, 0.3) is 0 Å². The molecule has 24 heavy (non-hydrogen) atoms. The van der Waals surface area contributed by atoms with Crippen molar-refractivity contribution in [2.75, 3.05) is 10.6 Å². The van der Waals surface area contributed by atoms with Crippen molar-refractivity contribution >= 4 is 40.5 Å². The average molecular weight is 362 g/mol. The van der Waals surface area contributed by atoms with Gasteiger partial charge in [0.2, 0.25) is 0 Å². The van der Waals surface area contributed by atoms with Gasteiger partial charge in [-0.2, -0.15) is 0 Å². The van der Waals surface area contributed by atoms with Crippen molar-refractivity contribution in [1.29, 1.82) is 0 Å². The third-order valence-electron chi connectivity index (χ3n) is 3.25. The molecule has 0 spiro atoms. The molecule has 0 aliphatic carbocycles. The Morgan fingerprint density at radius 3 is 2.83 bits per heavy atom. The molecule has 2 heterocycles. The van der Waals surface area contributed by atoms with E-state index in [9.17, 15) is 4.79 Å². The largest absolute Gasteiger partial charge is 0.467 e. The molecule has 2 aromatic heterocycles. The van der Waals surface area contributed by atoms with Crippen molar-refractivity contribution in [3.63, 3.8) is 0 Å². The first kappa shape index (κ1) is 16.4. The Kier molecular flexibility index (Phi) is 5.03. The molecule has 0 saturated carbocycles. The van der Waals surface area contributed by atoms with E-state index in [1.165, 1.54) is 6.20 Å². The first-order valence-corrected chi connectivity index (χ1v) is 7.86. The van der Waals surface area contributed by atoms with Crippen molar-refractivity contribution in [3.8, 4) is 0 Å². The van der Waals surface area contributed by atoms with Crippen LogP contribution in [0, 0.1) is 0 Å². The zero-order valence-electron chi connectivity index (χ0n) is 12.4. The molecule has 1 amide bonds. The van der Waals surface area contributed by atoms with Gasteiger partial charge < -0.3 is 15.1 Å². The maximum Gasteiger partial charge on any atom is 0.257 e. The minimum Gasteiger partial charge on any atom is -0.467 e. The molecular weight excluding hydrogens is 349 g/mol. The molecule has 5 nitrogen and oxygen atoms in total. The van der Waals surface area contributed by atoms with Crippen LogP contribution in [-0.4, -0.2) is 10.9 Å². The lowest BCUT2D eigenvalue weighted by molar-refractivity contribution is 0.102. The highest BCUT2D eigenvalue weighted by atomic mass is 35.5. The number of halogens is 2. The highest BCUT2D eigenvalue weighted by Crippen LogP contribution is 2.29. The molecule has 0 aliphatic rings. The van der Waals surface area contributed by atoms with Crippen LogP contribution in [0.4, 0.5) is 11.4 Å². The van der Waals surface area contributed by atoms with E-state index in [1.807, 2.05) is 12.1 Å². The number of carbonyl (C=O) groups excluding carboxylic acids is 1. The summed E-state index contributed by atoms with van der Waals surface area (Å²) in [5.74, 6) is 0.462. The number of benzene rings is 1. The zero-order chi connectivity index (χ0) is 16.9. The number of amides is 1. The summed E-state index contributed by atoms with van der Waals surface area (Å²) >= 11 is 12.0. The van der Waals surface area contributed by atoms with Crippen LogP contribution in [0.2, 0.25) is 10.0 Å². The first-order chi connectivity index (χ1) is 11.6. The number of rotatable bonds is 5. The Morgan fingerprint density at radius 2 is 2.04 bits per heavy atom. The standard InChI is InChI=1S/C17H13Cl2N3O2/c18-14-4-1-5-15(16(14)19)22-17(23)11-7-12(9-20-8-11)21-10-13-3-2-6-24-13/h1-9,21H,10H2,(H,22,23). The number of nitrogens with one attached hydrogen (secondary N) is 2. The fraction of sp³-hybridized carbons (Fsp3) is 0.0588. The maximum absolute atomic E-state index is 12.4. The number of furan rings is 1. The van der Waals surface area contributed by atoms with Crippen LogP contribution in [0.1, 0.15) is 16.1 Å². The summed E-state index contributed by atoms with van der Waals surface area (Å²) in [7, 11) is 0. The van der Waals surface area contributed by atoms with Gasteiger partial charge in [-0.3, -0.25) is 9.78 Å². The van der Waals surface area contributed by atoms with E-state index < -0.39 is 0 Å². The molecule has 0 unspecified atom stereocenters. The number of anilines is 2. The zero-order valence-corrected chi connectivity index (χ0v) is 13.9. The molecule has 2 N–H and O–H groups in total. The molecule has 0 saturated heterocycles. The molecule has 0 atom stereocenters. The Morgan fingerprint density at radius 1 is 1.17 bits per heavy atom. The molecule has 122 valence electrons. The second-order valence-electron chi connectivity index (χ2n) is 4.95. The van der Waals surface area contributed by atoms with E-state index in [-0.39, 0.29) is 5.91 Å². The van der Waals surface area contributed by atoms with Gasteiger partial charge in [0.05, 0.1) is 39.8 Å². The molecule has 3 rings (SSSR count). The fourth-order valence-electron chi connectivity index (χ4n) is 2.06. The predicted molar refractivity (Wildman–Crippen MR) is 94.7 cm³/mol. The van der Waals surface area contributed by atoms with Crippen LogP contribution >= 0.6 is 23.2 Å². The van der Waals surface area contributed by atoms with Gasteiger partial charge in [0.1, 0.15) is 5.76 Å². The number of aromatic nitrogens is 1. The van der Waals surface area contributed by atoms with Gasteiger partial charge >= 0.3 is 0 Å². The number of carbonyl (C=O) groups is 1. The SMILES string of the molecule is O=C(Nc1cccc(Cl)c1Cl)c1cncc(NCc2ccco2)c1. The first-order valence-electron chi connectivity index (χ1n) is 7.10. The smallest absolute Gasteiger partial charge is 0.257 e. The highest BCUT2D eigenvalue weighted by molar-refractivity contribution is 6.44. The molecule has 1 aromatic carbocycles. The van der Waals surface area contributed by atoms with Gasteiger partial charge in [-0.25, -0.2) is 0 Å². The summed E-state index contributed by atoms with van der Waals surface area (Å²) in [6.07, 6.45) is 4.71. The normalized spacial score (nSPS) is 10.4. The highest BCUT2D eigenvalue weighted by Gasteiger charge is 2.11. The molecule has 0 aliphatic heterocycles. The summed E-state index contributed by atoms with van der Waals surface area (Å²) in [6.45, 7) is 0.500. The van der Waals surface area contributed by atoms with Crippen LogP contribution in [0.3, 0.4) is 0 Å². The number of pyridine rings is 1. The number of hydrogen-bond acceptors (Lipinski definition) is 4. The quantitative estimate of drug-likeness (QED) is 0.681. The van der Waals surface area contributed by atoms with E-state index in [0.717, 1.165) is 5.76 Å². The summed E-state index contributed by atoms with van der Waals surface area (Å²) in [6, 6.07) is 10.4. The lowest BCUT2D eigenvalue weighted by atomic mass is 10.2. The van der Waals surface area contributed by atoms with Crippen molar-refractivity contribution < 1.29 is 9.21 Å².